The van der Waals surface area contributed by atoms with Crippen molar-refractivity contribution in [1.82, 2.24) is 5.16 Å². The van der Waals surface area contributed by atoms with Crippen molar-refractivity contribution in [2.75, 3.05) is 5.73 Å². The maximum absolute atomic E-state index is 11.0. The van der Waals surface area contributed by atoms with E-state index >= 15 is 0 Å². The van der Waals surface area contributed by atoms with Crippen molar-refractivity contribution in [2.24, 2.45) is 0 Å². The number of anilines is 1. The predicted molar refractivity (Wildman–Crippen MR) is 67.4 cm³/mol. The lowest BCUT2D eigenvalue weighted by molar-refractivity contribution is 0.0686. The topological polar surface area (TPSA) is 89.3 Å². The summed E-state index contributed by atoms with van der Waals surface area (Å²) in [7, 11) is 0. The molecule has 2 rings (SSSR count). The lowest BCUT2D eigenvalue weighted by Crippen LogP contribution is -1.99. The van der Waals surface area contributed by atoms with E-state index < -0.39 is 5.97 Å². The molecule has 0 radical (unpaired) electrons. The number of nitrogens with two attached hydrogens (primary N) is 1. The Labute approximate surface area is 104 Å². The van der Waals surface area contributed by atoms with Crippen molar-refractivity contribution in [3.8, 4) is 11.1 Å². The summed E-state index contributed by atoms with van der Waals surface area (Å²) in [6.45, 7) is 4.18. The van der Waals surface area contributed by atoms with Crippen LogP contribution in [0.15, 0.2) is 28.8 Å². The van der Waals surface area contributed by atoms with Gasteiger partial charge in [-0.1, -0.05) is 43.3 Å². The molecule has 1 aromatic heterocycles. The number of nitrogens with zero attached hydrogens (tertiary/aromatic N) is 1. The molecule has 5 nitrogen and oxygen atoms in total. The summed E-state index contributed by atoms with van der Waals surface area (Å²) < 4.78 is 4.74. The molecule has 1 aromatic carbocycles. The first-order valence-electron chi connectivity index (χ1n) is 5.59. The minimum Gasteiger partial charge on any atom is -0.476 e. The van der Waals surface area contributed by atoms with Gasteiger partial charge >= 0.3 is 5.97 Å². The molecule has 94 valence electrons. The van der Waals surface area contributed by atoms with Crippen molar-refractivity contribution in [3.63, 3.8) is 0 Å². The van der Waals surface area contributed by atoms with Gasteiger partial charge < -0.3 is 15.4 Å². The first-order valence-corrected chi connectivity index (χ1v) is 5.59. The van der Waals surface area contributed by atoms with Crippen LogP contribution >= 0.6 is 0 Å². The predicted octanol–water partition coefficient (Wildman–Crippen LogP) is 2.75. The summed E-state index contributed by atoms with van der Waals surface area (Å²) in [5.41, 5.74) is 7.65. The zero-order chi connectivity index (χ0) is 13.3. The van der Waals surface area contributed by atoms with E-state index in [4.69, 9.17) is 15.4 Å². The number of aromatic nitrogens is 1. The van der Waals surface area contributed by atoms with Crippen molar-refractivity contribution < 1.29 is 14.4 Å². The molecule has 5 heteroatoms. The number of rotatable bonds is 3. The molecule has 0 aliphatic heterocycles. The standard InChI is InChI=1S/C13H14N2O3/c1-7(2)8-3-5-9(6-4-8)10-11(13(16)17)15-18-12(10)14/h3-7H,14H2,1-2H3,(H,16,17). The third kappa shape index (κ3) is 2.07. The van der Waals surface area contributed by atoms with Crippen molar-refractivity contribution >= 4 is 11.9 Å². The van der Waals surface area contributed by atoms with Crippen LogP contribution in [0.1, 0.15) is 35.8 Å². The summed E-state index contributed by atoms with van der Waals surface area (Å²) in [5, 5.41) is 12.5. The third-order valence-electron chi connectivity index (χ3n) is 2.79. The number of carboxylic acid groups (broad SMARTS) is 1. The molecule has 1 heterocycles. The Morgan fingerprint density at radius 3 is 2.44 bits per heavy atom. The van der Waals surface area contributed by atoms with Gasteiger partial charge in [0.1, 0.15) is 0 Å². The molecule has 0 amide bonds. The van der Waals surface area contributed by atoms with Crippen LogP contribution in [0.25, 0.3) is 11.1 Å². The molecule has 0 saturated heterocycles. The van der Waals surface area contributed by atoms with E-state index in [-0.39, 0.29) is 11.6 Å². The zero-order valence-electron chi connectivity index (χ0n) is 10.2. The normalized spacial score (nSPS) is 10.8. The molecule has 2 aromatic rings. The van der Waals surface area contributed by atoms with Gasteiger partial charge in [0, 0.05) is 0 Å². The zero-order valence-corrected chi connectivity index (χ0v) is 10.2. The molecule has 0 aliphatic carbocycles. The Kier molecular flexibility index (Phi) is 3.06. The van der Waals surface area contributed by atoms with E-state index in [1.54, 1.807) is 0 Å². The first kappa shape index (κ1) is 12.2. The number of nitrogen functional groups attached to an aromatic ring is 1. The van der Waals surface area contributed by atoms with Crippen molar-refractivity contribution in [2.45, 2.75) is 19.8 Å². The minimum atomic E-state index is -1.15. The van der Waals surface area contributed by atoms with Crippen LogP contribution < -0.4 is 5.73 Å². The fraction of sp³-hybridized carbons (Fsp3) is 0.231. The van der Waals surface area contributed by atoms with Crippen LogP contribution in [0.2, 0.25) is 0 Å². The van der Waals surface area contributed by atoms with Crippen LogP contribution in [0.3, 0.4) is 0 Å². The molecule has 0 saturated carbocycles. The third-order valence-corrected chi connectivity index (χ3v) is 2.79. The van der Waals surface area contributed by atoms with Gasteiger partial charge in [0.2, 0.25) is 11.6 Å². The fourth-order valence-corrected chi connectivity index (χ4v) is 1.76. The molecule has 0 unspecified atom stereocenters. The molecule has 0 fully saturated rings. The molecule has 18 heavy (non-hydrogen) atoms. The average molecular weight is 246 g/mol. The van der Waals surface area contributed by atoms with Crippen LogP contribution in [-0.4, -0.2) is 16.2 Å². The summed E-state index contributed by atoms with van der Waals surface area (Å²) in [6.07, 6.45) is 0. The van der Waals surface area contributed by atoms with Gasteiger partial charge in [-0.05, 0) is 17.0 Å². The van der Waals surface area contributed by atoms with Crippen LogP contribution in [-0.2, 0) is 0 Å². The smallest absolute Gasteiger partial charge is 0.358 e. The van der Waals surface area contributed by atoms with E-state index in [9.17, 15) is 4.79 Å². The van der Waals surface area contributed by atoms with Gasteiger partial charge in [-0.15, -0.1) is 0 Å². The second-order valence-corrected chi connectivity index (χ2v) is 4.35. The lowest BCUT2D eigenvalue weighted by Gasteiger charge is -2.06. The number of benzene rings is 1. The van der Waals surface area contributed by atoms with E-state index in [1.807, 2.05) is 24.3 Å². The largest absolute Gasteiger partial charge is 0.476 e. The summed E-state index contributed by atoms with van der Waals surface area (Å²) in [6, 6.07) is 7.53. The Bertz CT molecular complexity index is 570. The lowest BCUT2D eigenvalue weighted by atomic mass is 9.98. The Morgan fingerprint density at radius 2 is 1.94 bits per heavy atom. The molecule has 0 atom stereocenters. The molecular weight excluding hydrogens is 232 g/mol. The number of carboxylic acids is 1. The van der Waals surface area contributed by atoms with Gasteiger partial charge in [-0.3, -0.25) is 0 Å². The Morgan fingerprint density at radius 1 is 1.33 bits per heavy atom. The molecular formula is C13H14N2O3. The average Bonchev–Trinajstić information content (AvgIpc) is 2.71. The van der Waals surface area contributed by atoms with Crippen molar-refractivity contribution in [1.29, 1.82) is 0 Å². The van der Waals surface area contributed by atoms with Crippen LogP contribution in [0.5, 0.6) is 0 Å². The second-order valence-electron chi connectivity index (χ2n) is 4.35. The van der Waals surface area contributed by atoms with Gasteiger partial charge in [0.25, 0.3) is 0 Å². The number of aromatic carboxylic acids is 1. The van der Waals surface area contributed by atoms with E-state index in [0.29, 0.717) is 17.0 Å². The first-order chi connectivity index (χ1) is 8.50. The fourth-order valence-electron chi connectivity index (χ4n) is 1.76. The SMILES string of the molecule is CC(C)c1ccc(-c2c(C(=O)O)noc2N)cc1. The molecule has 0 spiro atoms. The summed E-state index contributed by atoms with van der Waals surface area (Å²) in [4.78, 5) is 11.0. The number of hydrogen-bond donors (Lipinski definition) is 2. The van der Waals surface area contributed by atoms with Gasteiger partial charge in [-0.2, -0.15) is 0 Å². The molecule has 0 aliphatic rings. The molecule has 0 bridgehead atoms. The van der Waals surface area contributed by atoms with Gasteiger partial charge in [-0.25, -0.2) is 4.79 Å². The van der Waals surface area contributed by atoms with Gasteiger partial charge in [0.15, 0.2) is 0 Å². The maximum atomic E-state index is 11.0. The Balaban J connectivity index is 2.48. The maximum Gasteiger partial charge on any atom is 0.358 e. The van der Waals surface area contributed by atoms with Gasteiger partial charge in [0.05, 0.1) is 5.56 Å². The minimum absolute atomic E-state index is 0.0182. The summed E-state index contributed by atoms with van der Waals surface area (Å²) in [5.74, 6) is -0.721. The second kappa shape index (κ2) is 4.52. The highest BCUT2D eigenvalue weighted by Crippen LogP contribution is 2.30. The highest BCUT2D eigenvalue weighted by Gasteiger charge is 2.21. The monoisotopic (exact) mass is 246 g/mol. The Hall–Kier alpha value is -2.30. The van der Waals surface area contributed by atoms with E-state index in [0.717, 1.165) is 0 Å². The summed E-state index contributed by atoms with van der Waals surface area (Å²) >= 11 is 0. The highest BCUT2D eigenvalue weighted by atomic mass is 16.5. The quantitative estimate of drug-likeness (QED) is 0.869. The molecule has 3 N–H and O–H groups in total. The number of carbonyl (C=O) groups is 1. The highest BCUT2D eigenvalue weighted by molar-refractivity contribution is 5.96. The van der Waals surface area contributed by atoms with Crippen LogP contribution in [0, 0.1) is 0 Å². The van der Waals surface area contributed by atoms with E-state index in [1.165, 1.54) is 5.56 Å². The van der Waals surface area contributed by atoms with E-state index in [2.05, 4.69) is 19.0 Å². The number of hydrogen-bond acceptors (Lipinski definition) is 4. The van der Waals surface area contributed by atoms with Crippen molar-refractivity contribution in [3.05, 3.63) is 35.5 Å². The van der Waals surface area contributed by atoms with Crippen LogP contribution in [0.4, 0.5) is 5.88 Å².